The smallest absolute Gasteiger partial charge is 0.262 e. The molecule has 0 saturated carbocycles. The number of carbonyl (C=O) groups excluding carboxylic acids is 4. The molecule has 2 saturated heterocycles. The second-order valence-electron chi connectivity index (χ2n) is 9.11. The third kappa shape index (κ3) is 5.09. The lowest BCUT2D eigenvalue weighted by Gasteiger charge is -2.38. The van der Waals surface area contributed by atoms with Gasteiger partial charge in [-0.05, 0) is 56.5 Å². The first kappa shape index (κ1) is 23.4. The Labute approximate surface area is 194 Å². The Bertz CT molecular complexity index is 906. The van der Waals surface area contributed by atoms with Crippen molar-refractivity contribution >= 4 is 29.7 Å². The molecule has 1 atom stereocenters. The van der Waals surface area contributed by atoms with E-state index in [4.69, 9.17) is 0 Å². The molecule has 3 aliphatic heterocycles. The normalized spacial score (nSPS) is 20.6. The van der Waals surface area contributed by atoms with Crippen LogP contribution in [0.4, 0.5) is 5.69 Å². The number of anilines is 1. The molecule has 0 radical (unpaired) electrons. The lowest BCUT2D eigenvalue weighted by molar-refractivity contribution is -0.121. The minimum Gasteiger partial charge on any atom is -0.369 e. The summed E-state index contributed by atoms with van der Waals surface area (Å²) in [4.78, 5) is 54.9. The molecule has 3 heterocycles. The molecule has 0 aromatic heterocycles. The van der Waals surface area contributed by atoms with Crippen molar-refractivity contribution < 1.29 is 19.2 Å². The zero-order valence-electron chi connectivity index (χ0n) is 19.2. The Balaban J connectivity index is 1.39. The van der Waals surface area contributed by atoms with Crippen molar-refractivity contribution in [2.75, 3.05) is 57.8 Å². The fourth-order valence-electron chi connectivity index (χ4n) is 5.03. The third-order valence-corrected chi connectivity index (χ3v) is 7.05. The van der Waals surface area contributed by atoms with Crippen molar-refractivity contribution in [3.8, 4) is 0 Å². The largest absolute Gasteiger partial charge is 0.369 e. The summed E-state index contributed by atoms with van der Waals surface area (Å²) >= 11 is 0. The van der Waals surface area contributed by atoms with Crippen LogP contribution in [-0.2, 0) is 9.59 Å². The Hall–Kier alpha value is -2.78. The van der Waals surface area contributed by atoms with E-state index in [-0.39, 0.29) is 18.7 Å². The quantitative estimate of drug-likeness (QED) is 0.435. The fraction of sp³-hybridized carbons (Fsp3) is 0.583. The maximum atomic E-state index is 13.0. The topological polar surface area (TPSA) is 102 Å². The number of nitrogens with one attached hydrogen (secondary N) is 2. The summed E-state index contributed by atoms with van der Waals surface area (Å²) in [5.41, 5.74) is 1.58. The van der Waals surface area contributed by atoms with Crippen LogP contribution in [0, 0.1) is 5.92 Å². The summed E-state index contributed by atoms with van der Waals surface area (Å²) in [7, 11) is 1.51. The number of carbonyl (C=O) groups is 4. The van der Waals surface area contributed by atoms with Crippen LogP contribution in [-0.4, -0.2) is 92.7 Å². The lowest BCUT2D eigenvalue weighted by Crippen LogP contribution is -2.48. The highest BCUT2D eigenvalue weighted by molar-refractivity contribution is 6.22. The first-order valence-corrected chi connectivity index (χ1v) is 11.9. The summed E-state index contributed by atoms with van der Waals surface area (Å²) in [6, 6.07) is 4.40. The minimum absolute atomic E-state index is 0.0697. The fourth-order valence-corrected chi connectivity index (χ4v) is 5.03. The van der Waals surface area contributed by atoms with Crippen LogP contribution >= 0.6 is 0 Å². The summed E-state index contributed by atoms with van der Waals surface area (Å²) < 4.78 is 0. The van der Waals surface area contributed by atoms with Gasteiger partial charge in [-0.15, -0.1) is 0 Å². The number of fused-ring (bicyclic) bond motifs is 1. The van der Waals surface area contributed by atoms with Crippen LogP contribution in [0.2, 0.25) is 0 Å². The van der Waals surface area contributed by atoms with Crippen molar-refractivity contribution in [3.05, 3.63) is 29.3 Å². The maximum Gasteiger partial charge on any atom is 0.262 e. The second kappa shape index (κ2) is 10.4. The summed E-state index contributed by atoms with van der Waals surface area (Å²) in [5, 5.41) is 5.91. The molecular weight excluding hydrogens is 422 g/mol. The van der Waals surface area contributed by atoms with E-state index in [9.17, 15) is 19.2 Å². The molecule has 0 spiro atoms. The van der Waals surface area contributed by atoms with Gasteiger partial charge in [0.15, 0.2) is 0 Å². The summed E-state index contributed by atoms with van der Waals surface area (Å²) in [6.45, 7) is 7.07. The van der Waals surface area contributed by atoms with Crippen molar-refractivity contribution in [3.63, 3.8) is 0 Å². The van der Waals surface area contributed by atoms with E-state index in [1.165, 1.54) is 19.9 Å². The van der Waals surface area contributed by atoms with Gasteiger partial charge in [0.25, 0.3) is 11.8 Å². The Morgan fingerprint density at radius 3 is 2.48 bits per heavy atom. The van der Waals surface area contributed by atoms with Crippen LogP contribution in [0.15, 0.2) is 18.2 Å². The predicted octanol–water partition coefficient (Wildman–Crippen LogP) is 0.498. The van der Waals surface area contributed by atoms with Crippen molar-refractivity contribution in [1.82, 2.24) is 20.4 Å². The zero-order chi connectivity index (χ0) is 23.4. The van der Waals surface area contributed by atoms with E-state index in [0.29, 0.717) is 17.4 Å². The Kier molecular flexibility index (Phi) is 7.39. The molecule has 9 nitrogen and oxygen atoms in total. The van der Waals surface area contributed by atoms with Gasteiger partial charge in [0.05, 0.1) is 17.2 Å². The number of hydrogen-bond donors (Lipinski definition) is 2. The second-order valence-corrected chi connectivity index (χ2v) is 9.11. The van der Waals surface area contributed by atoms with Gasteiger partial charge in [-0.25, -0.2) is 0 Å². The van der Waals surface area contributed by atoms with Gasteiger partial charge in [-0.3, -0.25) is 24.2 Å². The molecule has 33 heavy (non-hydrogen) atoms. The number of piperidine rings is 1. The van der Waals surface area contributed by atoms with Crippen molar-refractivity contribution in [1.29, 1.82) is 0 Å². The first-order valence-electron chi connectivity index (χ1n) is 11.9. The number of imide groups is 1. The highest BCUT2D eigenvalue weighted by atomic mass is 16.2. The molecule has 178 valence electrons. The highest BCUT2D eigenvalue weighted by Gasteiger charge is 2.40. The van der Waals surface area contributed by atoms with E-state index >= 15 is 0 Å². The number of nitrogens with zero attached hydrogens (tertiary/aromatic N) is 3. The van der Waals surface area contributed by atoms with Crippen molar-refractivity contribution in [2.24, 2.45) is 5.92 Å². The van der Waals surface area contributed by atoms with Crippen molar-refractivity contribution in [2.45, 2.75) is 31.7 Å². The van der Waals surface area contributed by atoms with E-state index in [1.54, 1.807) is 12.1 Å². The van der Waals surface area contributed by atoms with Crippen LogP contribution < -0.4 is 15.5 Å². The van der Waals surface area contributed by atoms with Gasteiger partial charge < -0.3 is 20.3 Å². The van der Waals surface area contributed by atoms with Gasteiger partial charge in [0, 0.05) is 51.9 Å². The number of piperazine rings is 1. The molecule has 1 aromatic carbocycles. The van der Waals surface area contributed by atoms with Gasteiger partial charge in [-0.1, -0.05) is 0 Å². The van der Waals surface area contributed by atoms with Crippen LogP contribution in [0.25, 0.3) is 0 Å². The predicted molar refractivity (Wildman–Crippen MR) is 124 cm³/mol. The van der Waals surface area contributed by atoms with Gasteiger partial charge in [0.2, 0.25) is 5.91 Å². The molecule has 2 fully saturated rings. The average molecular weight is 456 g/mol. The molecule has 4 rings (SSSR count). The monoisotopic (exact) mass is 455 g/mol. The Morgan fingerprint density at radius 1 is 1.12 bits per heavy atom. The van der Waals surface area contributed by atoms with Gasteiger partial charge in [-0.2, -0.15) is 0 Å². The molecular formula is C24H33N5O4. The zero-order valence-corrected chi connectivity index (χ0v) is 19.2. The molecule has 3 amide bonds. The Morgan fingerprint density at radius 2 is 1.82 bits per heavy atom. The maximum absolute atomic E-state index is 13.0. The standard InChI is InChI=1S/C24H33N5O4/c1-25-22(31)5-3-19(16-30)29-23(32)20-4-2-18(14-21(20)24(29)33)28-12-10-27(11-13-28)15-17-6-8-26-9-7-17/h2,4,14,16-17,19,26H,3,5-13,15H2,1H3,(H,25,31). The van der Waals surface area contributed by atoms with E-state index < -0.39 is 17.9 Å². The van der Waals surface area contributed by atoms with E-state index in [0.717, 1.165) is 62.3 Å². The first-order chi connectivity index (χ1) is 16.0. The number of amides is 3. The van der Waals surface area contributed by atoms with Gasteiger partial charge >= 0.3 is 0 Å². The van der Waals surface area contributed by atoms with Crippen LogP contribution in [0.3, 0.4) is 0 Å². The molecule has 1 aromatic rings. The third-order valence-electron chi connectivity index (χ3n) is 7.05. The molecule has 0 bridgehead atoms. The summed E-state index contributed by atoms with van der Waals surface area (Å²) in [6.07, 6.45) is 3.24. The number of hydrogen-bond acceptors (Lipinski definition) is 7. The number of benzene rings is 1. The van der Waals surface area contributed by atoms with E-state index in [1.807, 2.05) is 6.07 Å². The van der Waals surface area contributed by atoms with Crippen LogP contribution in [0.1, 0.15) is 46.4 Å². The van der Waals surface area contributed by atoms with Gasteiger partial charge in [0.1, 0.15) is 6.29 Å². The summed E-state index contributed by atoms with van der Waals surface area (Å²) in [5.74, 6) is -0.403. The number of rotatable bonds is 8. The molecule has 1 unspecified atom stereocenters. The molecule has 0 aliphatic carbocycles. The highest BCUT2D eigenvalue weighted by Crippen LogP contribution is 2.30. The minimum atomic E-state index is -0.948. The number of aldehydes is 1. The lowest BCUT2D eigenvalue weighted by atomic mass is 9.97. The average Bonchev–Trinajstić information content (AvgIpc) is 3.10. The molecule has 3 aliphatic rings. The SMILES string of the molecule is CNC(=O)CCC(C=O)N1C(=O)c2ccc(N3CCN(CC4CCNCC4)CC3)cc2C1=O. The molecule has 2 N–H and O–H groups in total. The molecule has 9 heteroatoms. The van der Waals surface area contributed by atoms with Crippen LogP contribution in [0.5, 0.6) is 0 Å². The van der Waals surface area contributed by atoms with E-state index in [2.05, 4.69) is 20.4 Å².